The van der Waals surface area contributed by atoms with E-state index >= 15 is 0 Å². The standard InChI is InChI=1S/C10H17NO3S/c1-7-8(10(13)14)4-3-5-11(7)9(12)6-15-2/h7-8H,3-6H2,1-2H3,(H,13,14)/t7-,8-/m0/s1. The van der Waals surface area contributed by atoms with Gasteiger partial charge in [0, 0.05) is 12.6 Å². The van der Waals surface area contributed by atoms with E-state index in [2.05, 4.69) is 0 Å². The van der Waals surface area contributed by atoms with Crippen molar-refractivity contribution in [1.29, 1.82) is 0 Å². The van der Waals surface area contributed by atoms with Crippen molar-refractivity contribution in [3.8, 4) is 0 Å². The predicted molar refractivity (Wildman–Crippen MR) is 59.9 cm³/mol. The third-order valence-corrected chi connectivity index (χ3v) is 3.43. The smallest absolute Gasteiger partial charge is 0.308 e. The number of piperidine rings is 1. The van der Waals surface area contributed by atoms with Crippen LogP contribution in [0.1, 0.15) is 19.8 Å². The largest absolute Gasteiger partial charge is 0.481 e. The number of thioether (sulfide) groups is 1. The summed E-state index contributed by atoms with van der Waals surface area (Å²) in [5.41, 5.74) is 0. The Bertz CT molecular complexity index is 257. The molecular formula is C10H17NO3S. The first kappa shape index (κ1) is 12.4. The summed E-state index contributed by atoms with van der Waals surface area (Å²) in [4.78, 5) is 24.3. The van der Waals surface area contributed by atoms with Gasteiger partial charge in [0.2, 0.25) is 5.91 Å². The maximum atomic E-state index is 11.7. The first-order valence-corrected chi connectivity index (χ1v) is 6.48. The van der Waals surface area contributed by atoms with Gasteiger partial charge in [-0.2, -0.15) is 11.8 Å². The highest BCUT2D eigenvalue weighted by atomic mass is 32.2. The number of rotatable bonds is 3. The van der Waals surface area contributed by atoms with Crippen LogP contribution in [-0.4, -0.2) is 46.5 Å². The highest BCUT2D eigenvalue weighted by molar-refractivity contribution is 7.99. The average Bonchev–Trinajstić information content (AvgIpc) is 2.17. The van der Waals surface area contributed by atoms with E-state index in [1.807, 2.05) is 13.2 Å². The van der Waals surface area contributed by atoms with Crippen molar-refractivity contribution < 1.29 is 14.7 Å². The van der Waals surface area contributed by atoms with Crippen LogP contribution in [0.25, 0.3) is 0 Å². The van der Waals surface area contributed by atoms with Crippen LogP contribution < -0.4 is 0 Å². The van der Waals surface area contributed by atoms with Gasteiger partial charge in [-0.1, -0.05) is 0 Å². The Hall–Kier alpha value is -0.710. The van der Waals surface area contributed by atoms with Crippen LogP contribution in [0.5, 0.6) is 0 Å². The number of carboxylic acids is 1. The summed E-state index contributed by atoms with van der Waals surface area (Å²) in [6.45, 7) is 2.53. The Morgan fingerprint density at radius 2 is 2.20 bits per heavy atom. The van der Waals surface area contributed by atoms with Crippen LogP contribution in [0.4, 0.5) is 0 Å². The molecule has 1 N–H and O–H groups in total. The summed E-state index contributed by atoms with van der Waals surface area (Å²) < 4.78 is 0. The average molecular weight is 231 g/mol. The number of carboxylic acid groups (broad SMARTS) is 1. The SMILES string of the molecule is CSCC(=O)N1CCC[C@H](C(=O)O)[C@@H]1C. The van der Waals surface area contributed by atoms with Gasteiger partial charge in [0.05, 0.1) is 11.7 Å². The molecular weight excluding hydrogens is 214 g/mol. The maximum Gasteiger partial charge on any atom is 0.308 e. The lowest BCUT2D eigenvalue weighted by Gasteiger charge is -2.37. The minimum atomic E-state index is -0.788. The molecule has 2 atom stereocenters. The second kappa shape index (κ2) is 5.39. The Kier molecular flexibility index (Phi) is 4.45. The van der Waals surface area contributed by atoms with Gasteiger partial charge >= 0.3 is 5.97 Å². The highest BCUT2D eigenvalue weighted by Crippen LogP contribution is 2.24. The van der Waals surface area contributed by atoms with Gasteiger partial charge in [-0.05, 0) is 26.0 Å². The number of carbonyl (C=O) groups excluding carboxylic acids is 1. The molecule has 0 aromatic carbocycles. The fraction of sp³-hybridized carbons (Fsp3) is 0.800. The van der Waals surface area contributed by atoms with E-state index in [0.29, 0.717) is 18.7 Å². The molecule has 0 aliphatic carbocycles. The first-order valence-electron chi connectivity index (χ1n) is 5.09. The summed E-state index contributed by atoms with van der Waals surface area (Å²) in [5.74, 6) is -0.689. The van der Waals surface area contributed by atoms with Gasteiger partial charge in [0.15, 0.2) is 0 Å². The molecule has 1 aliphatic heterocycles. The molecule has 0 bridgehead atoms. The monoisotopic (exact) mass is 231 g/mol. The molecule has 1 amide bonds. The van der Waals surface area contributed by atoms with Crippen molar-refractivity contribution in [1.82, 2.24) is 4.90 Å². The van der Waals surface area contributed by atoms with Crippen molar-refractivity contribution in [2.45, 2.75) is 25.8 Å². The van der Waals surface area contributed by atoms with Gasteiger partial charge in [0.25, 0.3) is 0 Å². The van der Waals surface area contributed by atoms with Crippen molar-refractivity contribution in [2.75, 3.05) is 18.6 Å². The molecule has 1 aliphatic rings. The van der Waals surface area contributed by atoms with Crippen LogP contribution in [0.15, 0.2) is 0 Å². The molecule has 0 aromatic rings. The molecule has 1 heterocycles. The lowest BCUT2D eigenvalue weighted by Crippen LogP contribution is -2.49. The van der Waals surface area contributed by atoms with Gasteiger partial charge in [0.1, 0.15) is 0 Å². The summed E-state index contributed by atoms with van der Waals surface area (Å²) in [6.07, 6.45) is 3.35. The zero-order valence-corrected chi connectivity index (χ0v) is 9.92. The molecule has 0 aromatic heterocycles. The van der Waals surface area contributed by atoms with Crippen LogP contribution in [0.3, 0.4) is 0 Å². The molecule has 1 saturated heterocycles. The molecule has 0 spiro atoms. The number of aliphatic carboxylic acids is 1. The van der Waals surface area contributed by atoms with E-state index in [4.69, 9.17) is 5.11 Å². The Morgan fingerprint density at radius 1 is 1.53 bits per heavy atom. The molecule has 86 valence electrons. The Labute approximate surface area is 94.0 Å². The van der Waals surface area contributed by atoms with Crippen LogP contribution >= 0.6 is 11.8 Å². The number of amides is 1. The number of hydrogen-bond acceptors (Lipinski definition) is 3. The molecule has 1 rings (SSSR count). The van der Waals surface area contributed by atoms with E-state index < -0.39 is 11.9 Å². The Morgan fingerprint density at radius 3 is 2.73 bits per heavy atom. The third-order valence-electron chi connectivity index (χ3n) is 2.89. The summed E-state index contributed by atoms with van der Waals surface area (Å²) in [7, 11) is 0. The van der Waals surface area contributed by atoms with E-state index in [9.17, 15) is 9.59 Å². The quantitative estimate of drug-likeness (QED) is 0.789. The normalized spacial score (nSPS) is 26.4. The zero-order valence-electron chi connectivity index (χ0n) is 9.10. The minimum absolute atomic E-state index is 0.0564. The molecule has 0 unspecified atom stereocenters. The lowest BCUT2D eigenvalue weighted by atomic mass is 9.90. The second-order valence-electron chi connectivity index (χ2n) is 3.85. The van der Waals surface area contributed by atoms with Crippen molar-refractivity contribution >= 4 is 23.6 Å². The van der Waals surface area contributed by atoms with E-state index in [0.717, 1.165) is 6.42 Å². The van der Waals surface area contributed by atoms with Gasteiger partial charge in [-0.15, -0.1) is 0 Å². The molecule has 15 heavy (non-hydrogen) atoms. The number of nitrogens with zero attached hydrogens (tertiary/aromatic N) is 1. The fourth-order valence-electron chi connectivity index (χ4n) is 2.03. The summed E-state index contributed by atoms with van der Waals surface area (Å²) >= 11 is 1.48. The number of carbonyl (C=O) groups is 2. The summed E-state index contributed by atoms with van der Waals surface area (Å²) in [5, 5.41) is 8.99. The maximum absolute atomic E-state index is 11.7. The van der Waals surface area contributed by atoms with Crippen molar-refractivity contribution in [2.24, 2.45) is 5.92 Å². The van der Waals surface area contributed by atoms with Gasteiger partial charge in [-0.3, -0.25) is 9.59 Å². The minimum Gasteiger partial charge on any atom is -0.481 e. The first-order chi connectivity index (χ1) is 7.07. The Balaban J connectivity index is 2.65. The zero-order chi connectivity index (χ0) is 11.4. The van der Waals surface area contributed by atoms with Crippen LogP contribution in [0, 0.1) is 5.92 Å². The van der Waals surface area contributed by atoms with Crippen molar-refractivity contribution in [3.63, 3.8) is 0 Å². The predicted octanol–water partition coefficient (Wildman–Crippen LogP) is 1.06. The van der Waals surface area contributed by atoms with E-state index in [1.165, 1.54) is 11.8 Å². The number of hydrogen-bond donors (Lipinski definition) is 1. The van der Waals surface area contributed by atoms with E-state index in [-0.39, 0.29) is 11.9 Å². The third kappa shape index (κ3) is 2.87. The molecule has 0 radical (unpaired) electrons. The molecule has 5 heteroatoms. The number of likely N-dealkylation sites (tertiary alicyclic amines) is 1. The summed E-state index contributed by atoms with van der Waals surface area (Å²) in [6, 6.07) is -0.170. The van der Waals surface area contributed by atoms with Crippen LogP contribution in [0.2, 0.25) is 0 Å². The van der Waals surface area contributed by atoms with Gasteiger partial charge < -0.3 is 10.0 Å². The fourth-order valence-corrected chi connectivity index (χ4v) is 2.44. The topological polar surface area (TPSA) is 57.6 Å². The highest BCUT2D eigenvalue weighted by Gasteiger charge is 2.34. The van der Waals surface area contributed by atoms with Crippen molar-refractivity contribution in [3.05, 3.63) is 0 Å². The second-order valence-corrected chi connectivity index (χ2v) is 4.71. The lowest BCUT2D eigenvalue weighted by molar-refractivity contribution is -0.148. The molecule has 0 saturated carbocycles. The molecule has 4 nitrogen and oxygen atoms in total. The van der Waals surface area contributed by atoms with E-state index in [1.54, 1.807) is 4.90 Å². The van der Waals surface area contributed by atoms with Gasteiger partial charge in [-0.25, -0.2) is 0 Å². The van der Waals surface area contributed by atoms with Crippen LogP contribution in [-0.2, 0) is 9.59 Å². The molecule has 1 fully saturated rings.